The Kier molecular flexibility index (Phi) is 3.26. The molecule has 0 saturated heterocycles. The highest BCUT2D eigenvalue weighted by atomic mass is 127. The van der Waals surface area contributed by atoms with Gasteiger partial charge in [-0.15, -0.1) is 0 Å². The van der Waals surface area contributed by atoms with Crippen molar-refractivity contribution < 1.29 is 9.90 Å². The summed E-state index contributed by atoms with van der Waals surface area (Å²) in [5.41, 5.74) is 4.62. The Hall–Kier alpha value is 0.210. The van der Waals surface area contributed by atoms with E-state index in [4.69, 9.17) is 5.73 Å². The van der Waals surface area contributed by atoms with Gasteiger partial charge in [-0.2, -0.15) is 0 Å². The molecule has 0 saturated carbocycles. The van der Waals surface area contributed by atoms with Gasteiger partial charge in [0.05, 0.1) is 8.99 Å². The molecule has 1 atom stereocenters. The Labute approximate surface area is 104 Å². The second-order valence-electron chi connectivity index (χ2n) is 3.20. The highest BCUT2D eigenvalue weighted by Gasteiger charge is 2.34. The summed E-state index contributed by atoms with van der Waals surface area (Å²) in [6.07, 6.45) is 2.20. The van der Waals surface area contributed by atoms with Crippen molar-refractivity contribution in [2.24, 2.45) is 11.1 Å². The van der Waals surface area contributed by atoms with Crippen molar-refractivity contribution in [3.05, 3.63) is 19.0 Å². The zero-order valence-electron chi connectivity index (χ0n) is 6.97. The van der Waals surface area contributed by atoms with Gasteiger partial charge in [0, 0.05) is 3.58 Å². The zero-order chi connectivity index (χ0) is 10.2. The highest BCUT2D eigenvalue weighted by Crippen LogP contribution is 2.41. The van der Waals surface area contributed by atoms with Crippen molar-refractivity contribution in [2.45, 2.75) is 13.3 Å². The van der Waals surface area contributed by atoms with Crippen LogP contribution < -0.4 is 5.73 Å². The van der Waals surface area contributed by atoms with E-state index in [0.29, 0.717) is 10.0 Å². The minimum absolute atomic E-state index is 0.264. The third kappa shape index (κ3) is 2.17. The normalized spacial score (nSPS) is 28.7. The Morgan fingerprint density at radius 3 is 2.62 bits per heavy atom. The maximum absolute atomic E-state index is 11.1. The van der Waals surface area contributed by atoms with Crippen LogP contribution in [0.25, 0.3) is 0 Å². The highest BCUT2D eigenvalue weighted by molar-refractivity contribution is 14.1. The SMILES string of the molecule is CC1(C(N)=O)C=C(I)C(O)=C(I)C1. The van der Waals surface area contributed by atoms with Crippen LogP contribution in [0.2, 0.25) is 0 Å². The molecule has 1 aliphatic rings. The predicted octanol–water partition coefficient (Wildman–Crippen LogP) is 2.41. The largest absolute Gasteiger partial charge is 0.506 e. The number of aliphatic hydroxyl groups is 1. The summed E-state index contributed by atoms with van der Waals surface area (Å²) in [6, 6.07) is 0. The minimum Gasteiger partial charge on any atom is -0.506 e. The first-order chi connectivity index (χ1) is 5.87. The number of halogens is 2. The van der Waals surface area contributed by atoms with Crippen molar-refractivity contribution in [1.29, 1.82) is 0 Å². The number of allylic oxidation sites excluding steroid dienone is 2. The predicted molar refractivity (Wildman–Crippen MR) is 67.7 cm³/mol. The first-order valence-corrected chi connectivity index (χ1v) is 5.79. The molecule has 13 heavy (non-hydrogen) atoms. The van der Waals surface area contributed by atoms with Crippen LogP contribution in [0.4, 0.5) is 0 Å². The van der Waals surface area contributed by atoms with Crippen molar-refractivity contribution in [2.75, 3.05) is 0 Å². The smallest absolute Gasteiger partial charge is 0.227 e. The quantitative estimate of drug-likeness (QED) is 0.659. The molecule has 0 aliphatic heterocycles. The van der Waals surface area contributed by atoms with Gasteiger partial charge < -0.3 is 10.8 Å². The molecule has 0 spiro atoms. The van der Waals surface area contributed by atoms with E-state index in [2.05, 4.69) is 0 Å². The average Bonchev–Trinajstić information content (AvgIpc) is 2.00. The van der Waals surface area contributed by atoms with E-state index in [9.17, 15) is 9.90 Å². The van der Waals surface area contributed by atoms with Crippen molar-refractivity contribution >= 4 is 51.1 Å². The molecule has 1 amide bonds. The fraction of sp³-hybridized carbons (Fsp3) is 0.375. The molecule has 0 heterocycles. The summed E-state index contributed by atoms with van der Waals surface area (Å²) in [5, 5.41) is 9.50. The summed E-state index contributed by atoms with van der Waals surface area (Å²) < 4.78 is 1.47. The van der Waals surface area contributed by atoms with Crippen molar-refractivity contribution in [3.63, 3.8) is 0 Å². The first kappa shape index (κ1) is 11.3. The number of amides is 1. The summed E-state index contributed by atoms with van der Waals surface area (Å²) in [6.45, 7) is 1.78. The number of carbonyl (C=O) groups is 1. The van der Waals surface area contributed by atoms with Gasteiger partial charge in [-0.1, -0.05) is 6.08 Å². The van der Waals surface area contributed by atoms with Crippen molar-refractivity contribution in [3.8, 4) is 0 Å². The van der Waals surface area contributed by atoms with Crippen LogP contribution in [0, 0.1) is 5.41 Å². The minimum atomic E-state index is -0.653. The molecule has 72 valence electrons. The number of carbonyl (C=O) groups excluding carboxylic acids is 1. The molecule has 0 bridgehead atoms. The van der Waals surface area contributed by atoms with E-state index in [-0.39, 0.29) is 11.7 Å². The van der Waals surface area contributed by atoms with E-state index in [1.807, 2.05) is 45.2 Å². The van der Waals surface area contributed by atoms with Crippen LogP contribution in [0.3, 0.4) is 0 Å². The van der Waals surface area contributed by atoms with E-state index >= 15 is 0 Å². The summed E-state index contributed by atoms with van der Waals surface area (Å²) >= 11 is 4.03. The molecule has 0 radical (unpaired) electrons. The molecule has 1 rings (SSSR count). The number of aliphatic hydroxyl groups excluding tert-OH is 1. The van der Waals surface area contributed by atoms with Crippen LogP contribution >= 0.6 is 45.2 Å². The Morgan fingerprint density at radius 1 is 1.69 bits per heavy atom. The molecular formula is C8H9I2NO2. The van der Waals surface area contributed by atoms with E-state index in [0.717, 1.165) is 3.58 Å². The zero-order valence-corrected chi connectivity index (χ0v) is 11.3. The monoisotopic (exact) mass is 405 g/mol. The molecule has 1 unspecified atom stereocenters. The van der Waals surface area contributed by atoms with Crippen LogP contribution in [-0.2, 0) is 4.79 Å². The first-order valence-electron chi connectivity index (χ1n) is 3.63. The van der Waals surface area contributed by atoms with E-state index in [1.165, 1.54) is 0 Å². The van der Waals surface area contributed by atoms with Gasteiger partial charge in [-0.25, -0.2) is 0 Å². The third-order valence-electron chi connectivity index (χ3n) is 2.01. The number of hydrogen-bond donors (Lipinski definition) is 2. The van der Waals surface area contributed by atoms with E-state index < -0.39 is 5.41 Å². The lowest BCUT2D eigenvalue weighted by molar-refractivity contribution is -0.124. The maximum atomic E-state index is 11.1. The summed E-state index contributed by atoms with van der Waals surface area (Å²) in [4.78, 5) is 11.1. The maximum Gasteiger partial charge on any atom is 0.227 e. The third-order valence-corrected chi connectivity index (χ3v) is 3.73. The number of hydrogen-bond acceptors (Lipinski definition) is 2. The van der Waals surface area contributed by atoms with Gasteiger partial charge >= 0.3 is 0 Å². The lowest BCUT2D eigenvalue weighted by Gasteiger charge is -2.26. The Morgan fingerprint density at radius 2 is 2.23 bits per heavy atom. The summed E-state index contributed by atoms with van der Waals surface area (Å²) in [7, 11) is 0. The van der Waals surface area contributed by atoms with Gasteiger partial charge in [0.2, 0.25) is 5.91 Å². The fourth-order valence-corrected chi connectivity index (χ4v) is 3.70. The lowest BCUT2D eigenvalue weighted by Crippen LogP contribution is -2.34. The molecule has 3 N–H and O–H groups in total. The fourth-order valence-electron chi connectivity index (χ4n) is 1.09. The average molecular weight is 405 g/mol. The van der Waals surface area contributed by atoms with Gasteiger partial charge in [-0.05, 0) is 58.5 Å². The van der Waals surface area contributed by atoms with Gasteiger partial charge in [0.25, 0.3) is 0 Å². The topological polar surface area (TPSA) is 63.3 Å². The molecule has 1 aliphatic carbocycles. The second kappa shape index (κ2) is 3.76. The van der Waals surface area contributed by atoms with Crippen LogP contribution in [0.5, 0.6) is 0 Å². The standard InChI is InChI=1S/C8H9I2NO2/c1-8(7(11)13)2-4(9)6(12)5(10)3-8/h2,12H,3H2,1H3,(H2,11,13). The molecular weight excluding hydrogens is 396 g/mol. The molecule has 0 fully saturated rings. The molecule has 0 aromatic rings. The Bertz CT molecular complexity index is 322. The van der Waals surface area contributed by atoms with Crippen LogP contribution in [0.15, 0.2) is 19.0 Å². The van der Waals surface area contributed by atoms with Crippen LogP contribution in [0.1, 0.15) is 13.3 Å². The molecule has 0 aromatic carbocycles. The van der Waals surface area contributed by atoms with Gasteiger partial charge in [0.15, 0.2) is 0 Å². The molecule has 5 heteroatoms. The van der Waals surface area contributed by atoms with Crippen LogP contribution in [-0.4, -0.2) is 11.0 Å². The number of rotatable bonds is 1. The number of nitrogens with two attached hydrogens (primary N) is 1. The lowest BCUT2D eigenvalue weighted by atomic mass is 9.83. The van der Waals surface area contributed by atoms with Gasteiger partial charge in [0.1, 0.15) is 5.76 Å². The summed E-state index contributed by atoms with van der Waals surface area (Å²) in [5.74, 6) is -0.0942. The van der Waals surface area contributed by atoms with E-state index in [1.54, 1.807) is 13.0 Å². The molecule has 0 aromatic heterocycles. The molecule has 3 nitrogen and oxygen atoms in total. The second-order valence-corrected chi connectivity index (χ2v) is 5.67. The van der Waals surface area contributed by atoms with Gasteiger partial charge in [-0.3, -0.25) is 4.79 Å². The number of primary amides is 1. The van der Waals surface area contributed by atoms with Crippen molar-refractivity contribution in [1.82, 2.24) is 0 Å². The Balaban J connectivity index is 3.11.